The summed E-state index contributed by atoms with van der Waals surface area (Å²) in [5, 5.41) is 9.60. The van der Waals surface area contributed by atoms with Crippen LogP contribution >= 0.6 is 15.9 Å². The third-order valence-electron chi connectivity index (χ3n) is 3.39. The number of aliphatic hydroxyl groups excluding tert-OH is 1. The molecular weight excluding hydrogens is 294 g/mol. The van der Waals surface area contributed by atoms with Crippen molar-refractivity contribution in [2.75, 3.05) is 24.7 Å². The second kappa shape index (κ2) is 5.19. The van der Waals surface area contributed by atoms with Gasteiger partial charge in [0.25, 0.3) is 0 Å². The van der Waals surface area contributed by atoms with Gasteiger partial charge in [-0.3, -0.25) is 0 Å². The van der Waals surface area contributed by atoms with Crippen molar-refractivity contribution in [3.63, 3.8) is 0 Å². The van der Waals surface area contributed by atoms with Gasteiger partial charge < -0.3 is 14.7 Å². The molecule has 1 aromatic rings. The summed E-state index contributed by atoms with van der Waals surface area (Å²) >= 11 is 3.61. The zero-order valence-corrected chi connectivity index (χ0v) is 12.7. The monoisotopic (exact) mass is 313 g/mol. The molecule has 0 aromatic heterocycles. The first kappa shape index (κ1) is 13.8. The number of morpholine rings is 1. The first-order valence-electron chi connectivity index (χ1n) is 6.25. The first-order chi connectivity index (χ1) is 8.42. The Kier molecular flexibility index (Phi) is 3.99. The summed E-state index contributed by atoms with van der Waals surface area (Å²) in [6.07, 6.45) is -0.437. The van der Waals surface area contributed by atoms with Gasteiger partial charge in [0.15, 0.2) is 0 Å². The van der Waals surface area contributed by atoms with Crippen LogP contribution in [0.2, 0.25) is 0 Å². The predicted octanol–water partition coefficient (Wildman–Crippen LogP) is 3.12. The molecule has 0 bridgehead atoms. The highest BCUT2D eigenvalue weighted by Gasteiger charge is 2.31. The zero-order chi connectivity index (χ0) is 13.3. The van der Waals surface area contributed by atoms with E-state index in [0.29, 0.717) is 0 Å². The molecule has 1 fully saturated rings. The van der Waals surface area contributed by atoms with E-state index in [1.54, 1.807) is 6.92 Å². The Bertz CT molecular complexity index is 432. The summed E-state index contributed by atoms with van der Waals surface area (Å²) in [5.74, 6) is 0. The molecule has 0 saturated carbocycles. The van der Waals surface area contributed by atoms with Gasteiger partial charge in [-0.1, -0.05) is 6.07 Å². The van der Waals surface area contributed by atoms with Crippen LogP contribution in [0.3, 0.4) is 0 Å². The summed E-state index contributed by atoms with van der Waals surface area (Å²) in [5.41, 5.74) is 2.08. The van der Waals surface area contributed by atoms with E-state index in [4.69, 9.17) is 4.74 Å². The van der Waals surface area contributed by atoms with Gasteiger partial charge in [0.1, 0.15) is 0 Å². The van der Waals surface area contributed by atoms with E-state index in [1.165, 1.54) is 0 Å². The lowest BCUT2D eigenvalue weighted by atomic mass is 10.0. The van der Waals surface area contributed by atoms with E-state index in [-0.39, 0.29) is 5.54 Å². The number of aliphatic hydroxyl groups is 1. The quantitative estimate of drug-likeness (QED) is 0.910. The third kappa shape index (κ3) is 2.71. The Balaban J connectivity index is 2.33. The minimum absolute atomic E-state index is 0.00683. The van der Waals surface area contributed by atoms with Crippen LogP contribution in [0.5, 0.6) is 0 Å². The van der Waals surface area contributed by atoms with E-state index in [9.17, 15) is 5.11 Å². The number of anilines is 1. The molecule has 100 valence electrons. The van der Waals surface area contributed by atoms with Crippen molar-refractivity contribution in [2.45, 2.75) is 32.4 Å². The van der Waals surface area contributed by atoms with E-state index in [1.807, 2.05) is 12.1 Å². The van der Waals surface area contributed by atoms with E-state index < -0.39 is 6.10 Å². The van der Waals surface area contributed by atoms with E-state index in [2.05, 4.69) is 40.7 Å². The molecule has 1 aliphatic heterocycles. The van der Waals surface area contributed by atoms with Crippen molar-refractivity contribution in [3.8, 4) is 0 Å². The number of hydrogen-bond acceptors (Lipinski definition) is 3. The highest BCUT2D eigenvalue weighted by Crippen LogP contribution is 2.34. The largest absolute Gasteiger partial charge is 0.389 e. The standard InChI is InChI=1S/C14H20BrNO2/c1-10(17)11-4-5-13(12(15)8-11)16-6-7-18-9-14(16,2)3/h4-5,8,10,17H,6-7,9H2,1-3H3. The van der Waals surface area contributed by atoms with Crippen LogP contribution in [-0.4, -0.2) is 30.4 Å². The average molecular weight is 314 g/mol. The minimum Gasteiger partial charge on any atom is -0.389 e. The highest BCUT2D eigenvalue weighted by molar-refractivity contribution is 9.10. The highest BCUT2D eigenvalue weighted by atomic mass is 79.9. The summed E-state index contributed by atoms with van der Waals surface area (Å²) in [6.45, 7) is 8.52. The number of hydrogen-bond donors (Lipinski definition) is 1. The van der Waals surface area contributed by atoms with Gasteiger partial charge in [0, 0.05) is 11.0 Å². The maximum absolute atomic E-state index is 9.60. The average Bonchev–Trinajstić information content (AvgIpc) is 2.29. The van der Waals surface area contributed by atoms with Crippen molar-refractivity contribution in [3.05, 3.63) is 28.2 Å². The normalized spacial score (nSPS) is 20.8. The zero-order valence-electron chi connectivity index (χ0n) is 11.1. The Hall–Kier alpha value is -0.580. The molecule has 0 amide bonds. The van der Waals surface area contributed by atoms with Crippen LogP contribution in [0, 0.1) is 0 Å². The minimum atomic E-state index is -0.437. The Labute approximate surface area is 117 Å². The fraction of sp³-hybridized carbons (Fsp3) is 0.571. The Morgan fingerprint density at radius 3 is 2.72 bits per heavy atom. The van der Waals surface area contributed by atoms with Gasteiger partial charge in [-0.15, -0.1) is 0 Å². The van der Waals surface area contributed by atoms with Gasteiger partial charge in [0.2, 0.25) is 0 Å². The maximum atomic E-state index is 9.60. The van der Waals surface area contributed by atoms with Crippen LogP contribution < -0.4 is 4.90 Å². The number of nitrogens with zero attached hydrogens (tertiary/aromatic N) is 1. The fourth-order valence-electron chi connectivity index (χ4n) is 2.31. The molecule has 1 N–H and O–H groups in total. The number of benzene rings is 1. The number of ether oxygens (including phenoxy) is 1. The number of halogens is 1. The molecule has 1 aromatic carbocycles. The first-order valence-corrected chi connectivity index (χ1v) is 7.04. The summed E-state index contributed by atoms with van der Waals surface area (Å²) < 4.78 is 6.57. The molecule has 18 heavy (non-hydrogen) atoms. The Morgan fingerprint density at radius 2 is 2.17 bits per heavy atom. The van der Waals surface area contributed by atoms with Crippen molar-refractivity contribution in [1.29, 1.82) is 0 Å². The molecule has 1 heterocycles. The van der Waals surface area contributed by atoms with Crippen molar-refractivity contribution in [1.82, 2.24) is 0 Å². The third-order valence-corrected chi connectivity index (χ3v) is 4.03. The lowest BCUT2D eigenvalue weighted by Crippen LogP contribution is -2.53. The topological polar surface area (TPSA) is 32.7 Å². The lowest BCUT2D eigenvalue weighted by molar-refractivity contribution is 0.0643. The van der Waals surface area contributed by atoms with Crippen molar-refractivity contribution in [2.24, 2.45) is 0 Å². The predicted molar refractivity (Wildman–Crippen MR) is 77.0 cm³/mol. The van der Waals surface area contributed by atoms with Crippen molar-refractivity contribution >= 4 is 21.6 Å². The van der Waals surface area contributed by atoms with Gasteiger partial charge in [-0.25, -0.2) is 0 Å². The van der Waals surface area contributed by atoms with Crippen LogP contribution in [-0.2, 0) is 4.74 Å². The van der Waals surface area contributed by atoms with E-state index in [0.717, 1.165) is 35.5 Å². The van der Waals surface area contributed by atoms with Gasteiger partial charge in [-0.05, 0) is 54.4 Å². The molecule has 0 radical (unpaired) electrons. The molecule has 0 aliphatic carbocycles. The second-order valence-corrected chi connectivity index (χ2v) is 6.26. The molecule has 1 atom stereocenters. The van der Waals surface area contributed by atoms with Gasteiger partial charge in [0.05, 0.1) is 30.5 Å². The van der Waals surface area contributed by atoms with E-state index >= 15 is 0 Å². The van der Waals surface area contributed by atoms with Gasteiger partial charge in [-0.2, -0.15) is 0 Å². The lowest BCUT2D eigenvalue weighted by Gasteiger charge is -2.44. The SMILES string of the molecule is CC(O)c1ccc(N2CCOCC2(C)C)c(Br)c1. The summed E-state index contributed by atoms with van der Waals surface area (Å²) in [7, 11) is 0. The van der Waals surface area contributed by atoms with Crippen LogP contribution in [0.1, 0.15) is 32.4 Å². The number of rotatable bonds is 2. The molecule has 1 saturated heterocycles. The van der Waals surface area contributed by atoms with Gasteiger partial charge >= 0.3 is 0 Å². The molecule has 1 unspecified atom stereocenters. The van der Waals surface area contributed by atoms with Crippen molar-refractivity contribution < 1.29 is 9.84 Å². The molecule has 4 heteroatoms. The van der Waals surface area contributed by atoms with Crippen LogP contribution in [0.15, 0.2) is 22.7 Å². The molecule has 3 nitrogen and oxygen atoms in total. The molecule has 0 spiro atoms. The second-order valence-electron chi connectivity index (χ2n) is 5.40. The van der Waals surface area contributed by atoms with Crippen LogP contribution in [0.4, 0.5) is 5.69 Å². The molecule has 1 aliphatic rings. The fourth-order valence-corrected chi connectivity index (χ4v) is 2.92. The molecule has 2 rings (SSSR count). The smallest absolute Gasteiger partial charge is 0.0762 e. The maximum Gasteiger partial charge on any atom is 0.0762 e. The summed E-state index contributed by atoms with van der Waals surface area (Å²) in [4.78, 5) is 2.35. The summed E-state index contributed by atoms with van der Waals surface area (Å²) in [6, 6.07) is 6.04. The molecular formula is C14H20BrNO2. The van der Waals surface area contributed by atoms with Crippen LogP contribution in [0.25, 0.3) is 0 Å². The Morgan fingerprint density at radius 1 is 1.44 bits per heavy atom.